The normalized spacial score (nSPS) is 13.6. The van der Waals surface area contributed by atoms with Gasteiger partial charge in [-0.05, 0) is 37.8 Å². The number of fused-ring (bicyclic) bond motifs is 2. The Labute approximate surface area is 111 Å². The number of methoxy groups -OCH3 is 1. The zero-order chi connectivity index (χ0) is 13.4. The summed E-state index contributed by atoms with van der Waals surface area (Å²) in [5.74, 6) is -0.0886. The fraction of sp³-hybridized carbons (Fsp3) is 0.400. The van der Waals surface area contributed by atoms with E-state index in [1.165, 1.54) is 18.7 Å². The lowest BCUT2D eigenvalue weighted by Gasteiger charge is -2.14. The van der Waals surface area contributed by atoms with Crippen LogP contribution in [0.3, 0.4) is 0 Å². The number of halogens is 1. The Morgan fingerprint density at radius 3 is 2.95 bits per heavy atom. The Morgan fingerprint density at radius 2 is 2.21 bits per heavy atom. The minimum absolute atomic E-state index is 0.270. The molecule has 0 amide bonds. The minimum atomic E-state index is -0.358. The van der Waals surface area contributed by atoms with Crippen molar-refractivity contribution in [3.05, 3.63) is 29.2 Å². The zero-order valence-corrected chi connectivity index (χ0v) is 11.2. The number of anilines is 1. The second-order valence-corrected chi connectivity index (χ2v) is 4.80. The smallest absolute Gasteiger partial charge is 0.167 e. The molecular weight excluding hydrogens is 243 g/mol. The third kappa shape index (κ3) is 1.91. The van der Waals surface area contributed by atoms with Crippen LogP contribution < -0.4 is 10.1 Å². The van der Waals surface area contributed by atoms with Crippen LogP contribution in [0.4, 0.5) is 10.1 Å². The lowest BCUT2D eigenvalue weighted by atomic mass is 10.1. The molecule has 3 rings (SSSR count). The number of hydrogen-bond donors (Lipinski definition) is 1. The highest BCUT2D eigenvalue weighted by Crippen LogP contribution is 2.36. The quantitative estimate of drug-likeness (QED) is 0.919. The van der Waals surface area contributed by atoms with Crippen LogP contribution in [-0.2, 0) is 12.8 Å². The second-order valence-electron chi connectivity index (χ2n) is 4.80. The highest BCUT2D eigenvalue weighted by atomic mass is 19.1. The number of nitrogens with zero attached hydrogens (tertiary/aromatic N) is 1. The van der Waals surface area contributed by atoms with Gasteiger partial charge in [-0.3, -0.25) is 4.98 Å². The minimum Gasteiger partial charge on any atom is -0.494 e. The topological polar surface area (TPSA) is 34.2 Å². The van der Waals surface area contributed by atoms with Crippen LogP contribution in [-0.4, -0.2) is 18.6 Å². The molecule has 1 aliphatic rings. The van der Waals surface area contributed by atoms with Crippen LogP contribution >= 0.6 is 0 Å². The maximum atomic E-state index is 13.8. The van der Waals surface area contributed by atoms with E-state index < -0.39 is 0 Å². The van der Waals surface area contributed by atoms with Gasteiger partial charge >= 0.3 is 0 Å². The summed E-state index contributed by atoms with van der Waals surface area (Å²) in [6, 6.07) is 3.21. The Balaban J connectivity index is 2.32. The van der Waals surface area contributed by atoms with Crippen LogP contribution in [0.25, 0.3) is 10.9 Å². The number of benzene rings is 1. The SMILES string of the molecule is CCNc1c2c(nc3cc(F)c(OC)cc13)CCC2. The monoisotopic (exact) mass is 260 g/mol. The summed E-state index contributed by atoms with van der Waals surface area (Å²) in [5, 5.41) is 4.35. The standard InChI is InChI=1S/C15H17FN2O/c1-3-17-15-9-5-4-6-12(9)18-13-8-11(16)14(19-2)7-10(13)15/h7-8H,3-6H2,1-2H3,(H,17,18). The van der Waals surface area contributed by atoms with E-state index in [1.807, 2.05) is 0 Å². The molecule has 1 aliphatic carbocycles. The summed E-state index contributed by atoms with van der Waals surface area (Å²) in [7, 11) is 1.48. The highest BCUT2D eigenvalue weighted by molar-refractivity contribution is 5.94. The molecule has 4 heteroatoms. The largest absolute Gasteiger partial charge is 0.494 e. The summed E-state index contributed by atoms with van der Waals surface area (Å²) in [6.45, 7) is 2.90. The lowest BCUT2D eigenvalue weighted by molar-refractivity contribution is 0.387. The summed E-state index contributed by atoms with van der Waals surface area (Å²) in [4.78, 5) is 4.60. The molecule has 0 radical (unpaired) electrons. The van der Waals surface area contributed by atoms with E-state index in [2.05, 4.69) is 17.2 Å². The third-order valence-electron chi connectivity index (χ3n) is 3.64. The number of ether oxygens (including phenoxy) is 1. The highest BCUT2D eigenvalue weighted by Gasteiger charge is 2.20. The predicted molar refractivity (Wildman–Crippen MR) is 74.4 cm³/mol. The fourth-order valence-corrected chi connectivity index (χ4v) is 2.80. The Morgan fingerprint density at radius 1 is 1.37 bits per heavy atom. The third-order valence-corrected chi connectivity index (χ3v) is 3.64. The van der Waals surface area contributed by atoms with Gasteiger partial charge in [0.15, 0.2) is 11.6 Å². The molecule has 19 heavy (non-hydrogen) atoms. The lowest BCUT2D eigenvalue weighted by Crippen LogP contribution is -2.04. The number of aryl methyl sites for hydroxylation is 1. The second kappa shape index (κ2) is 4.68. The number of rotatable bonds is 3. The van der Waals surface area contributed by atoms with Crippen molar-refractivity contribution >= 4 is 16.6 Å². The molecular formula is C15H17FN2O. The average molecular weight is 260 g/mol. The number of nitrogens with one attached hydrogen (secondary N) is 1. The molecule has 1 heterocycles. The summed E-state index contributed by atoms with van der Waals surface area (Å²) >= 11 is 0. The van der Waals surface area contributed by atoms with Gasteiger partial charge in [0, 0.05) is 29.4 Å². The van der Waals surface area contributed by atoms with Crippen molar-refractivity contribution in [1.82, 2.24) is 4.98 Å². The molecule has 0 atom stereocenters. The van der Waals surface area contributed by atoms with Crippen molar-refractivity contribution in [2.24, 2.45) is 0 Å². The van der Waals surface area contributed by atoms with Crippen molar-refractivity contribution in [2.45, 2.75) is 26.2 Å². The molecule has 2 aromatic rings. The van der Waals surface area contributed by atoms with Gasteiger partial charge in [0.25, 0.3) is 0 Å². The van der Waals surface area contributed by atoms with E-state index in [4.69, 9.17) is 4.74 Å². The molecule has 0 fully saturated rings. The molecule has 0 aliphatic heterocycles. The van der Waals surface area contributed by atoms with E-state index in [0.29, 0.717) is 5.52 Å². The molecule has 0 saturated carbocycles. The van der Waals surface area contributed by atoms with Gasteiger partial charge in [-0.1, -0.05) is 0 Å². The molecule has 1 aromatic carbocycles. The van der Waals surface area contributed by atoms with Gasteiger partial charge in [-0.2, -0.15) is 0 Å². The van der Waals surface area contributed by atoms with Crippen LogP contribution in [0.2, 0.25) is 0 Å². The van der Waals surface area contributed by atoms with Crippen LogP contribution in [0.1, 0.15) is 24.6 Å². The van der Waals surface area contributed by atoms with Crippen molar-refractivity contribution < 1.29 is 9.13 Å². The maximum Gasteiger partial charge on any atom is 0.167 e. The Kier molecular flexibility index (Phi) is 3.01. The first-order valence-corrected chi connectivity index (χ1v) is 6.67. The molecule has 3 nitrogen and oxygen atoms in total. The number of aromatic nitrogens is 1. The molecule has 100 valence electrons. The number of pyridine rings is 1. The van der Waals surface area contributed by atoms with Crippen molar-refractivity contribution in [2.75, 3.05) is 19.0 Å². The Hall–Kier alpha value is -1.84. The Bertz CT molecular complexity index is 640. The first-order chi connectivity index (χ1) is 9.24. The summed E-state index contributed by atoms with van der Waals surface area (Å²) in [5.41, 5.74) is 4.18. The van der Waals surface area contributed by atoms with E-state index in [0.717, 1.165) is 42.6 Å². The van der Waals surface area contributed by atoms with E-state index in [1.54, 1.807) is 6.07 Å². The molecule has 0 bridgehead atoms. The molecule has 0 saturated heterocycles. The number of hydrogen-bond acceptors (Lipinski definition) is 3. The summed E-state index contributed by atoms with van der Waals surface area (Å²) in [6.07, 6.45) is 3.15. The van der Waals surface area contributed by atoms with Gasteiger partial charge in [-0.15, -0.1) is 0 Å². The summed E-state index contributed by atoms with van der Waals surface area (Å²) < 4.78 is 18.9. The van der Waals surface area contributed by atoms with E-state index in [-0.39, 0.29) is 11.6 Å². The average Bonchev–Trinajstić information content (AvgIpc) is 2.86. The van der Waals surface area contributed by atoms with E-state index >= 15 is 0 Å². The maximum absolute atomic E-state index is 13.8. The van der Waals surface area contributed by atoms with Gasteiger partial charge in [0.05, 0.1) is 12.6 Å². The van der Waals surface area contributed by atoms with Crippen molar-refractivity contribution in [3.63, 3.8) is 0 Å². The zero-order valence-electron chi connectivity index (χ0n) is 11.2. The molecule has 0 spiro atoms. The van der Waals surface area contributed by atoms with Gasteiger partial charge in [0.2, 0.25) is 0 Å². The van der Waals surface area contributed by atoms with Crippen LogP contribution in [0, 0.1) is 5.82 Å². The fourth-order valence-electron chi connectivity index (χ4n) is 2.80. The first-order valence-electron chi connectivity index (χ1n) is 6.67. The molecule has 0 unspecified atom stereocenters. The molecule has 1 aromatic heterocycles. The molecule has 1 N–H and O–H groups in total. The van der Waals surface area contributed by atoms with Crippen LogP contribution in [0.15, 0.2) is 12.1 Å². The van der Waals surface area contributed by atoms with E-state index in [9.17, 15) is 4.39 Å². The van der Waals surface area contributed by atoms with Crippen molar-refractivity contribution in [1.29, 1.82) is 0 Å². The van der Waals surface area contributed by atoms with Gasteiger partial charge < -0.3 is 10.1 Å². The predicted octanol–water partition coefficient (Wildman–Crippen LogP) is 3.30. The van der Waals surface area contributed by atoms with Crippen molar-refractivity contribution in [3.8, 4) is 5.75 Å². The van der Waals surface area contributed by atoms with Gasteiger partial charge in [-0.25, -0.2) is 4.39 Å². The first kappa shape index (κ1) is 12.2. The van der Waals surface area contributed by atoms with Gasteiger partial charge in [0.1, 0.15) is 0 Å². The van der Waals surface area contributed by atoms with Crippen LogP contribution in [0.5, 0.6) is 5.75 Å².